The zero-order chi connectivity index (χ0) is 17.7. The Morgan fingerprint density at radius 1 is 1.15 bits per heavy atom. The van der Waals surface area contributed by atoms with Gasteiger partial charge in [0.05, 0.1) is 12.7 Å². The Bertz CT molecular complexity index is 861. The second-order valence-electron chi connectivity index (χ2n) is 6.78. The molecule has 0 spiro atoms. The monoisotopic (exact) mass is 352 g/mol. The first kappa shape index (κ1) is 15.4. The molecular weight excluding hydrogens is 332 g/mol. The van der Waals surface area contributed by atoms with Gasteiger partial charge in [-0.2, -0.15) is 0 Å². The summed E-state index contributed by atoms with van der Waals surface area (Å²) in [5.74, 6) is 1.99. The van der Waals surface area contributed by atoms with Gasteiger partial charge >= 0.3 is 0 Å². The molecule has 2 heterocycles. The fraction of sp³-hybridized carbons (Fsp3) is 0.350. The molecule has 2 aliphatic heterocycles. The first-order valence-corrected chi connectivity index (χ1v) is 8.92. The van der Waals surface area contributed by atoms with Gasteiger partial charge in [-0.05, 0) is 37.1 Å². The lowest BCUT2D eigenvalue weighted by Gasteiger charge is -2.38. The van der Waals surface area contributed by atoms with Crippen LogP contribution in [0, 0.1) is 0 Å². The molecule has 3 aliphatic rings. The Morgan fingerprint density at radius 3 is 2.77 bits per heavy atom. The minimum absolute atomic E-state index is 0.0701. The summed E-state index contributed by atoms with van der Waals surface area (Å²) in [6.07, 6.45) is 1.82. The number of carbonyl (C=O) groups excluding carboxylic acids is 1. The zero-order valence-electron chi connectivity index (χ0n) is 14.5. The van der Waals surface area contributed by atoms with Crippen molar-refractivity contribution in [3.05, 3.63) is 47.5 Å². The second kappa shape index (κ2) is 5.83. The maximum Gasteiger partial charge on any atom is 0.258 e. The smallest absolute Gasteiger partial charge is 0.258 e. The number of hydrogen-bond donors (Lipinski definition) is 1. The van der Waals surface area contributed by atoms with Crippen LogP contribution in [-0.4, -0.2) is 37.2 Å². The number of ether oxygens (including phenoxy) is 3. The lowest BCUT2D eigenvalue weighted by molar-refractivity contribution is 0.0665. The SMILES string of the molecule is COc1cc(C2Nc3ccccc3C(=O)N2C2CC2)cc2c1OCCO2. The van der Waals surface area contributed by atoms with E-state index in [0.29, 0.717) is 30.5 Å². The summed E-state index contributed by atoms with van der Waals surface area (Å²) in [4.78, 5) is 15.1. The third-order valence-corrected chi connectivity index (χ3v) is 5.07. The Morgan fingerprint density at radius 2 is 1.96 bits per heavy atom. The van der Waals surface area contributed by atoms with E-state index in [1.54, 1.807) is 7.11 Å². The van der Waals surface area contributed by atoms with Crippen LogP contribution in [0.3, 0.4) is 0 Å². The van der Waals surface area contributed by atoms with Crippen molar-refractivity contribution in [2.45, 2.75) is 25.0 Å². The van der Waals surface area contributed by atoms with Crippen molar-refractivity contribution in [1.82, 2.24) is 4.90 Å². The van der Waals surface area contributed by atoms with Gasteiger partial charge in [0, 0.05) is 17.3 Å². The van der Waals surface area contributed by atoms with Crippen molar-refractivity contribution in [2.24, 2.45) is 0 Å². The maximum atomic E-state index is 13.1. The van der Waals surface area contributed by atoms with Gasteiger partial charge in [0.2, 0.25) is 5.75 Å². The molecule has 6 heteroatoms. The van der Waals surface area contributed by atoms with E-state index in [1.807, 2.05) is 41.3 Å². The highest BCUT2D eigenvalue weighted by molar-refractivity contribution is 6.02. The van der Waals surface area contributed by atoms with Crippen molar-refractivity contribution in [2.75, 3.05) is 25.6 Å². The summed E-state index contributed by atoms with van der Waals surface area (Å²) in [7, 11) is 1.62. The Labute approximate surface area is 151 Å². The number of fused-ring (bicyclic) bond motifs is 2. The molecule has 26 heavy (non-hydrogen) atoms. The fourth-order valence-corrected chi connectivity index (χ4v) is 3.69. The van der Waals surface area contributed by atoms with E-state index in [4.69, 9.17) is 14.2 Å². The Hall–Kier alpha value is -2.89. The van der Waals surface area contributed by atoms with Gasteiger partial charge in [0.15, 0.2) is 11.5 Å². The van der Waals surface area contributed by atoms with Crippen LogP contribution >= 0.6 is 0 Å². The summed E-state index contributed by atoms with van der Waals surface area (Å²) >= 11 is 0. The largest absolute Gasteiger partial charge is 0.493 e. The van der Waals surface area contributed by atoms with Crippen molar-refractivity contribution in [1.29, 1.82) is 0 Å². The molecule has 1 unspecified atom stereocenters. The summed E-state index contributed by atoms with van der Waals surface area (Å²) in [5, 5.41) is 3.53. The number of rotatable bonds is 3. The van der Waals surface area contributed by atoms with Crippen LogP contribution in [0.25, 0.3) is 0 Å². The summed E-state index contributed by atoms with van der Waals surface area (Å²) in [6, 6.07) is 11.8. The van der Waals surface area contributed by atoms with Crippen LogP contribution in [0.4, 0.5) is 5.69 Å². The van der Waals surface area contributed by atoms with E-state index in [0.717, 1.165) is 29.7 Å². The van der Waals surface area contributed by atoms with E-state index in [2.05, 4.69) is 5.32 Å². The Kier molecular flexibility index (Phi) is 3.45. The lowest BCUT2D eigenvalue weighted by Crippen LogP contribution is -2.44. The van der Waals surface area contributed by atoms with Crippen LogP contribution in [-0.2, 0) is 0 Å². The molecule has 1 atom stereocenters. The van der Waals surface area contributed by atoms with Crippen molar-refractivity contribution in [3.63, 3.8) is 0 Å². The number of amides is 1. The first-order valence-electron chi connectivity index (χ1n) is 8.92. The van der Waals surface area contributed by atoms with Crippen LogP contribution in [0.1, 0.15) is 34.9 Å². The average molecular weight is 352 g/mol. The van der Waals surface area contributed by atoms with E-state index in [-0.39, 0.29) is 18.1 Å². The van der Waals surface area contributed by atoms with E-state index >= 15 is 0 Å². The second-order valence-corrected chi connectivity index (χ2v) is 6.78. The van der Waals surface area contributed by atoms with Gasteiger partial charge < -0.3 is 24.4 Å². The van der Waals surface area contributed by atoms with Crippen molar-refractivity contribution >= 4 is 11.6 Å². The summed E-state index contributed by atoms with van der Waals surface area (Å²) in [5.41, 5.74) is 2.51. The highest BCUT2D eigenvalue weighted by atomic mass is 16.6. The molecule has 0 radical (unpaired) electrons. The van der Waals surface area contributed by atoms with Gasteiger partial charge in [-0.1, -0.05) is 12.1 Å². The van der Waals surface area contributed by atoms with Crippen LogP contribution in [0.5, 0.6) is 17.2 Å². The van der Waals surface area contributed by atoms with E-state index in [9.17, 15) is 4.79 Å². The van der Waals surface area contributed by atoms with Gasteiger partial charge in [-0.25, -0.2) is 0 Å². The number of para-hydroxylation sites is 1. The summed E-state index contributed by atoms with van der Waals surface area (Å²) in [6.45, 7) is 1.01. The topological polar surface area (TPSA) is 60.0 Å². The number of anilines is 1. The van der Waals surface area contributed by atoms with Gasteiger partial charge in [-0.3, -0.25) is 4.79 Å². The third-order valence-electron chi connectivity index (χ3n) is 5.07. The standard InChI is InChI=1S/C20H20N2O4/c1-24-16-10-12(11-17-18(16)26-9-8-25-17)19-21-15-5-3-2-4-14(15)20(23)22(19)13-6-7-13/h2-5,10-11,13,19,21H,6-9H2,1H3. The normalized spacial score (nSPS) is 21.0. The fourth-order valence-electron chi connectivity index (χ4n) is 3.69. The van der Waals surface area contributed by atoms with Crippen LogP contribution < -0.4 is 19.5 Å². The maximum absolute atomic E-state index is 13.1. The predicted octanol–water partition coefficient (Wildman–Crippen LogP) is 3.20. The van der Waals surface area contributed by atoms with Gasteiger partial charge in [-0.15, -0.1) is 0 Å². The zero-order valence-corrected chi connectivity index (χ0v) is 14.5. The number of nitrogens with one attached hydrogen (secondary N) is 1. The molecule has 134 valence electrons. The number of benzene rings is 2. The molecule has 5 rings (SSSR count). The third kappa shape index (κ3) is 2.36. The lowest BCUT2D eigenvalue weighted by atomic mass is 10.0. The highest BCUT2D eigenvalue weighted by Crippen LogP contribution is 2.46. The quantitative estimate of drug-likeness (QED) is 0.919. The van der Waals surface area contributed by atoms with E-state index in [1.165, 1.54) is 0 Å². The molecule has 2 aromatic rings. The number of nitrogens with zero attached hydrogens (tertiary/aromatic N) is 1. The number of hydrogen-bond acceptors (Lipinski definition) is 5. The minimum Gasteiger partial charge on any atom is -0.493 e. The van der Waals surface area contributed by atoms with Crippen molar-refractivity contribution in [3.8, 4) is 17.2 Å². The predicted molar refractivity (Wildman–Crippen MR) is 96.0 cm³/mol. The number of methoxy groups -OCH3 is 1. The van der Waals surface area contributed by atoms with Gasteiger partial charge in [0.1, 0.15) is 19.4 Å². The molecular formula is C20H20N2O4. The molecule has 2 aromatic carbocycles. The van der Waals surface area contributed by atoms with Crippen LogP contribution in [0.15, 0.2) is 36.4 Å². The minimum atomic E-state index is -0.255. The average Bonchev–Trinajstić information content (AvgIpc) is 3.52. The highest BCUT2D eigenvalue weighted by Gasteiger charge is 2.42. The molecule has 1 N–H and O–H groups in total. The molecule has 0 bridgehead atoms. The molecule has 1 amide bonds. The molecule has 6 nitrogen and oxygen atoms in total. The molecule has 1 saturated carbocycles. The molecule has 0 saturated heterocycles. The molecule has 0 aromatic heterocycles. The Balaban J connectivity index is 1.61. The summed E-state index contributed by atoms with van der Waals surface area (Å²) < 4.78 is 17.0. The number of carbonyl (C=O) groups is 1. The van der Waals surface area contributed by atoms with Crippen LogP contribution in [0.2, 0.25) is 0 Å². The molecule has 1 aliphatic carbocycles. The van der Waals surface area contributed by atoms with Crippen molar-refractivity contribution < 1.29 is 19.0 Å². The first-order chi connectivity index (χ1) is 12.8. The molecule has 1 fully saturated rings. The van der Waals surface area contributed by atoms with Gasteiger partial charge in [0.25, 0.3) is 5.91 Å². The van der Waals surface area contributed by atoms with E-state index < -0.39 is 0 Å².